The molecule has 0 aliphatic rings. The first-order chi connectivity index (χ1) is 21.8. The van der Waals surface area contributed by atoms with Gasteiger partial charge in [0.15, 0.2) is 5.96 Å². The minimum Gasteiger partial charge on any atom is -0.481 e. The van der Waals surface area contributed by atoms with Gasteiger partial charge in [0, 0.05) is 13.0 Å². The minimum absolute atomic E-state index is 0.0947. The van der Waals surface area contributed by atoms with E-state index in [1.54, 1.807) is 0 Å². The van der Waals surface area contributed by atoms with Crippen molar-refractivity contribution in [2.24, 2.45) is 23.1 Å². The third-order valence-electron chi connectivity index (χ3n) is 6.44. The summed E-state index contributed by atoms with van der Waals surface area (Å²) >= 11 is 0. The maximum absolute atomic E-state index is 13.1. The molecule has 21 nitrogen and oxygen atoms in total. The van der Waals surface area contributed by atoms with E-state index < -0.39 is 103 Å². The third-order valence-corrected chi connectivity index (χ3v) is 6.44. The number of aliphatic carboxylic acids is 2. The van der Waals surface area contributed by atoms with Crippen molar-refractivity contribution in [3.05, 3.63) is 0 Å². The molecule has 6 atom stereocenters. The summed E-state index contributed by atoms with van der Waals surface area (Å²) in [4.78, 5) is 97.9. The van der Waals surface area contributed by atoms with Crippen molar-refractivity contribution in [3.8, 4) is 0 Å². The Balaban J connectivity index is 5.68. The number of carbonyl (C=O) groups is 8. The van der Waals surface area contributed by atoms with Gasteiger partial charge in [0.25, 0.3) is 0 Å². The smallest absolute Gasteiger partial charge is 0.326 e. The summed E-state index contributed by atoms with van der Waals surface area (Å²) in [6.45, 7) is 3.58. The number of carbonyl (C=O) groups excluding carboxylic acids is 6. The average Bonchev–Trinajstić information content (AvgIpc) is 2.96. The summed E-state index contributed by atoms with van der Waals surface area (Å²) in [5.41, 5.74) is 16.0. The Morgan fingerprint density at radius 3 is 1.79 bits per heavy atom. The van der Waals surface area contributed by atoms with Gasteiger partial charge in [-0.3, -0.25) is 39.0 Å². The van der Waals surface area contributed by atoms with Crippen LogP contribution in [0.25, 0.3) is 0 Å². The van der Waals surface area contributed by atoms with E-state index in [9.17, 15) is 53.7 Å². The maximum atomic E-state index is 13.1. The SMILES string of the molecule is CC(C)[C@H](NC(=O)[C@H](CCC(N)=O)NC(=O)CNC(=O)[C@H](CC(=O)O)NC(=O)[C@H](CCCNC(=N)N)NC(=O)[C@@H](N)[C@@H](C)O)C(=O)O. The number of aliphatic hydroxyl groups excluding tert-OH is 1. The van der Waals surface area contributed by atoms with Gasteiger partial charge in [0.2, 0.25) is 35.4 Å². The number of rotatable bonds is 22. The van der Waals surface area contributed by atoms with Crippen LogP contribution in [-0.2, 0) is 38.4 Å². The summed E-state index contributed by atoms with van der Waals surface area (Å²) in [6.07, 6.45) is -2.84. The van der Waals surface area contributed by atoms with Crippen LogP contribution in [0.4, 0.5) is 0 Å². The Hall–Kier alpha value is -5.05. The van der Waals surface area contributed by atoms with Gasteiger partial charge in [-0.15, -0.1) is 0 Å². The number of hydrogen-bond donors (Lipinski definition) is 13. The highest BCUT2D eigenvalue weighted by Crippen LogP contribution is 2.06. The molecule has 0 unspecified atom stereocenters. The molecule has 0 saturated carbocycles. The largest absolute Gasteiger partial charge is 0.481 e. The molecule has 21 heteroatoms. The molecule has 0 rings (SSSR count). The second-order valence-electron chi connectivity index (χ2n) is 10.9. The molecule has 0 fully saturated rings. The van der Waals surface area contributed by atoms with Crippen LogP contribution in [0.3, 0.4) is 0 Å². The van der Waals surface area contributed by atoms with Crippen molar-refractivity contribution in [3.63, 3.8) is 0 Å². The number of carboxylic acids is 2. The monoisotopic (exact) mass is 674 g/mol. The first-order valence-corrected chi connectivity index (χ1v) is 14.5. The van der Waals surface area contributed by atoms with Crippen molar-refractivity contribution in [2.45, 2.75) is 89.2 Å². The number of primary amides is 1. The summed E-state index contributed by atoms with van der Waals surface area (Å²) in [6, 6.07) is -7.32. The van der Waals surface area contributed by atoms with Gasteiger partial charge in [0.1, 0.15) is 30.2 Å². The molecule has 16 N–H and O–H groups in total. The number of guanidine groups is 1. The highest BCUT2D eigenvalue weighted by atomic mass is 16.4. The molecule has 0 aromatic rings. The highest BCUT2D eigenvalue weighted by Gasteiger charge is 2.32. The van der Waals surface area contributed by atoms with E-state index in [0.717, 1.165) is 0 Å². The molecule has 0 radical (unpaired) electrons. The Labute approximate surface area is 270 Å². The van der Waals surface area contributed by atoms with Gasteiger partial charge < -0.3 is 64.4 Å². The van der Waals surface area contributed by atoms with Gasteiger partial charge in [-0.25, -0.2) is 4.79 Å². The predicted octanol–water partition coefficient (Wildman–Crippen LogP) is -5.51. The van der Waals surface area contributed by atoms with E-state index in [4.69, 9.17) is 22.6 Å². The standard InChI is InChI=1S/C26H46N10O11/c1-11(2)20(25(46)47)36-23(44)14(6-7-16(27)38)33-17(39)10-32-21(42)15(9-18(40)41)35-22(43)13(5-4-8-31-26(29)30)34-24(45)19(28)12(3)37/h11-15,19-20,37H,4-10,28H2,1-3H3,(H2,27,38)(H,32,42)(H,33,39)(H,34,45)(H,35,43)(H,36,44)(H,40,41)(H,46,47)(H4,29,30,31)/t12-,13+,14+,15+,19+,20+/m1/s1. The Bertz CT molecular complexity index is 1160. The molecule has 6 amide bonds. The van der Waals surface area contributed by atoms with Crippen molar-refractivity contribution in [2.75, 3.05) is 13.1 Å². The Morgan fingerprint density at radius 1 is 0.745 bits per heavy atom. The zero-order valence-electron chi connectivity index (χ0n) is 26.3. The lowest BCUT2D eigenvalue weighted by atomic mass is 10.0. The van der Waals surface area contributed by atoms with Gasteiger partial charge in [-0.2, -0.15) is 0 Å². The van der Waals surface area contributed by atoms with E-state index in [1.807, 2.05) is 0 Å². The van der Waals surface area contributed by atoms with Crippen LogP contribution in [0.5, 0.6) is 0 Å². The highest BCUT2D eigenvalue weighted by molar-refractivity contribution is 5.96. The van der Waals surface area contributed by atoms with E-state index in [1.165, 1.54) is 20.8 Å². The number of hydrogen-bond acceptors (Lipinski definition) is 11. The summed E-state index contributed by atoms with van der Waals surface area (Å²) in [5, 5.41) is 49.1. The lowest BCUT2D eigenvalue weighted by molar-refractivity contribution is -0.143. The van der Waals surface area contributed by atoms with Gasteiger partial charge in [-0.05, 0) is 32.1 Å². The van der Waals surface area contributed by atoms with Crippen LogP contribution in [0.1, 0.15) is 52.9 Å². The van der Waals surface area contributed by atoms with Crippen LogP contribution >= 0.6 is 0 Å². The molecule has 0 heterocycles. The molecule has 47 heavy (non-hydrogen) atoms. The van der Waals surface area contributed by atoms with Crippen LogP contribution in [-0.4, -0.2) is 118 Å². The predicted molar refractivity (Wildman–Crippen MR) is 163 cm³/mol. The third kappa shape index (κ3) is 17.3. The zero-order valence-corrected chi connectivity index (χ0v) is 26.3. The fraction of sp³-hybridized carbons (Fsp3) is 0.654. The normalized spacial score (nSPS) is 14.6. The second-order valence-corrected chi connectivity index (χ2v) is 10.9. The molecule has 0 aliphatic carbocycles. The average molecular weight is 675 g/mol. The van der Waals surface area contributed by atoms with E-state index in [0.29, 0.717) is 0 Å². The zero-order chi connectivity index (χ0) is 36.4. The van der Waals surface area contributed by atoms with Crippen molar-refractivity contribution < 1.29 is 53.7 Å². The molecule has 0 aliphatic heterocycles. The van der Waals surface area contributed by atoms with Crippen molar-refractivity contribution in [1.29, 1.82) is 5.41 Å². The number of amides is 6. The lowest BCUT2D eigenvalue weighted by Gasteiger charge is -2.24. The lowest BCUT2D eigenvalue weighted by Crippen LogP contribution is -2.58. The molecular weight excluding hydrogens is 628 g/mol. The van der Waals surface area contributed by atoms with Crippen LogP contribution in [0, 0.1) is 11.3 Å². The summed E-state index contributed by atoms with van der Waals surface area (Å²) in [5.74, 6) is -9.55. The van der Waals surface area contributed by atoms with Crippen LogP contribution in [0.2, 0.25) is 0 Å². The van der Waals surface area contributed by atoms with Crippen LogP contribution < -0.4 is 49.1 Å². The van der Waals surface area contributed by atoms with Gasteiger partial charge in [-0.1, -0.05) is 13.8 Å². The Morgan fingerprint density at radius 2 is 1.30 bits per heavy atom. The quantitative estimate of drug-likeness (QED) is 0.0289. The molecular formula is C26H46N10O11. The molecule has 0 aromatic carbocycles. The van der Waals surface area contributed by atoms with Crippen molar-refractivity contribution in [1.82, 2.24) is 31.9 Å². The molecule has 266 valence electrons. The number of carboxylic acid groups (broad SMARTS) is 2. The number of aliphatic hydroxyl groups is 1. The van der Waals surface area contributed by atoms with Gasteiger partial charge in [0.05, 0.1) is 19.1 Å². The Kier molecular flexibility index (Phi) is 18.6. The maximum Gasteiger partial charge on any atom is 0.326 e. The fourth-order valence-electron chi connectivity index (χ4n) is 3.80. The summed E-state index contributed by atoms with van der Waals surface area (Å²) in [7, 11) is 0. The van der Waals surface area contributed by atoms with Gasteiger partial charge >= 0.3 is 11.9 Å². The minimum atomic E-state index is -1.76. The number of nitrogens with one attached hydrogen (secondary N) is 7. The van der Waals surface area contributed by atoms with Crippen molar-refractivity contribution >= 4 is 53.3 Å². The number of nitrogens with two attached hydrogens (primary N) is 3. The molecule has 0 saturated heterocycles. The van der Waals surface area contributed by atoms with E-state index in [2.05, 4.69) is 31.9 Å². The fourth-order valence-corrected chi connectivity index (χ4v) is 3.80. The molecule has 0 bridgehead atoms. The first-order valence-electron chi connectivity index (χ1n) is 14.5. The van der Waals surface area contributed by atoms with E-state index in [-0.39, 0.29) is 38.2 Å². The van der Waals surface area contributed by atoms with E-state index >= 15 is 0 Å². The van der Waals surface area contributed by atoms with Crippen LogP contribution in [0.15, 0.2) is 0 Å². The summed E-state index contributed by atoms with van der Waals surface area (Å²) < 4.78 is 0. The second kappa shape index (κ2) is 20.9. The molecule has 0 spiro atoms. The molecule has 0 aromatic heterocycles. The topological polar surface area (TPSA) is 371 Å². The first kappa shape index (κ1) is 41.9.